The van der Waals surface area contributed by atoms with E-state index in [0.717, 1.165) is 30.4 Å². The molecule has 0 aliphatic carbocycles. The minimum Gasteiger partial charge on any atom is -0.384 e. The topological polar surface area (TPSA) is 69.6 Å². The zero-order valence-electron chi connectivity index (χ0n) is 13.2. The molecule has 2 heterocycles. The van der Waals surface area contributed by atoms with E-state index in [0.29, 0.717) is 19.0 Å². The van der Waals surface area contributed by atoms with Gasteiger partial charge in [-0.3, -0.25) is 4.79 Å². The predicted molar refractivity (Wildman–Crippen MR) is 81.3 cm³/mol. The molecule has 1 atom stereocenters. The van der Waals surface area contributed by atoms with Gasteiger partial charge in [0.1, 0.15) is 17.7 Å². The molecule has 0 radical (unpaired) electrons. The maximum absolute atomic E-state index is 11.8. The van der Waals surface area contributed by atoms with Crippen molar-refractivity contribution < 1.29 is 9.90 Å². The number of aliphatic hydroxyl groups excluding tert-OH is 1. The Hall–Kier alpha value is -1.69. The Morgan fingerprint density at radius 1 is 1.19 bits per heavy atom. The molecule has 1 aliphatic rings. The summed E-state index contributed by atoms with van der Waals surface area (Å²) in [6.07, 6.45) is -0.926. The number of aryl methyl sites for hydroxylation is 1. The summed E-state index contributed by atoms with van der Waals surface area (Å²) in [6, 6.07) is 1.98. The fraction of sp³-hybridized carbons (Fsp3) is 0.667. The molecule has 6 heteroatoms. The van der Waals surface area contributed by atoms with E-state index in [1.165, 1.54) is 6.92 Å². The van der Waals surface area contributed by atoms with Gasteiger partial charge in [0, 0.05) is 43.9 Å². The molecule has 0 aromatic carbocycles. The van der Waals surface area contributed by atoms with Crippen molar-refractivity contribution in [2.45, 2.75) is 39.7 Å². The summed E-state index contributed by atoms with van der Waals surface area (Å²) >= 11 is 0. The standard InChI is InChI=1S/C15H24N4O2/c1-10(2)14-16-11(3)9-13(17-14)18-5-7-19(8-6-18)15(21)12(4)20/h9-10,12,20H,5-8H2,1-4H3. The molecule has 21 heavy (non-hydrogen) atoms. The smallest absolute Gasteiger partial charge is 0.251 e. The van der Waals surface area contributed by atoms with E-state index in [1.54, 1.807) is 4.90 Å². The fourth-order valence-electron chi connectivity index (χ4n) is 2.41. The van der Waals surface area contributed by atoms with Gasteiger partial charge in [0.25, 0.3) is 5.91 Å². The summed E-state index contributed by atoms with van der Waals surface area (Å²) in [6.45, 7) is 10.3. The Morgan fingerprint density at radius 2 is 1.81 bits per heavy atom. The Kier molecular flexibility index (Phi) is 4.77. The first-order valence-corrected chi connectivity index (χ1v) is 7.46. The summed E-state index contributed by atoms with van der Waals surface area (Å²) in [5.41, 5.74) is 0.964. The van der Waals surface area contributed by atoms with Crippen LogP contribution in [0.25, 0.3) is 0 Å². The molecule has 0 bridgehead atoms. The fourth-order valence-corrected chi connectivity index (χ4v) is 2.41. The van der Waals surface area contributed by atoms with E-state index in [2.05, 4.69) is 28.7 Å². The first kappa shape index (κ1) is 15.7. The molecule has 1 amide bonds. The number of aromatic nitrogens is 2. The van der Waals surface area contributed by atoms with Crippen LogP contribution in [0.1, 0.15) is 38.2 Å². The molecular weight excluding hydrogens is 268 g/mol. The molecule has 1 aromatic heterocycles. The second-order valence-corrected chi connectivity index (χ2v) is 5.87. The molecule has 1 unspecified atom stereocenters. The zero-order chi connectivity index (χ0) is 15.6. The van der Waals surface area contributed by atoms with E-state index in [9.17, 15) is 9.90 Å². The predicted octanol–water partition coefficient (Wildman–Crippen LogP) is 0.938. The quantitative estimate of drug-likeness (QED) is 0.898. The number of rotatable bonds is 3. The molecule has 1 fully saturated rings. The Morgan fingerprint density at radius 3 is 2.33 bits per heavy atom. The molecule has 6 nitrogen and oxygen atoms in total. The van der Waals surface area contributed by atoms with Crippen molar-refractivity contribution in [2.24, 2.45) is 0 Å². The third-order valence-corrected chi connectivity index (χ3v) is 3.65. The third-order valence-electron chi connectivity index (χ3n) is 3.65. The van der Waals surface area contributed by atoms with Gasteiger partial charge in [-0.25, -0.2) is 9.97 Å². The number of carbonyl (C=O) groups excluding carboxylic acids is 1. The first-order chi connectivity index (χ1) is 9.88. The lowest BCUT2D eigenvalue weighted by Gasteiger charge is -2.36. The third kappa shape index (κ3) is 3.69. The van der Waals surface area contributed by atoms with E-state index >= 15 is 0 Å². The van der Waals surface area contributed by atoms with Crippen molar-refractivity contribution in [3.05, 3.63) is 17.6 Å². The zero-order valence-corrected chi connectivity index (χ0v) is 13.2. The normalized spacial score (nSPS) is 17.2. The first-order valence-electron chi connectivity index (χ1n) is 7.46. The van der Waals surface area contributed by atoms with Crippen LogP contribution >= 0.6 is 0 Å². The summed E-state index contributed by atoms with van der Waals surface area (Å²) in [7, 11) is 0. The Bertz CT molecular complexity index is 508. The van der Waals surface area contributed by atoms with E-state index in [1.807, 2.05) is 13.0 Å². The van der Waals surface area contributed by atoms with Crippen molar-refractivity contribution >= 4 is 11.7 Å². The lowest BCUT2D eigenvalue weighted by molar-refractivity contribution is -0.139. The molecule has 116 valence electrons. The molecule has 1 N–H and O–H groups in total. The average Bonchev–Trinajstić information content (AvgIpc) is 2.45. The minimum atomic E-state index is -0.926. The van der Waals surface area contributed by atoms with E-state index in [-0.39, 0.29) is 5.91 Å². The van der Waals surface area contributed by atoms with Crippen molar-refractivity contribution in [3.8, 4) is 0 Å². The van der Waals surface area contributed by atoms with Crippen LogP contribution in [0, 0.1) is 6.92 Å². The Labute approximate surface area is 125 Å². The number of hydrogen-bond acceptors (Lipinski definition) is 5. The highest BCUT2D eigenvalue weighted by Gasteiger charge is 2.24. The van der Waals surface area contributed by atoms with Gasteiger partial charge < -0.3 is 14.9 Å². The van der Waals surface area contributed by atoms with Crippen LogP contribution in [-0.2, 0) is 4.79 Å². The van der Waals surface area contributed by atoms with Crippen LogP contribution in [0.5, 0.6) is 0 Å². The summed E-state index contributed by atoms with van der Waals surface area (Å²) in [5, 5.41) is 9.36. The summed E-state index contributed by atoms with van der Waals surface area (Å²) < 4.78 is 0. The van der Waals surface area contributed by atoms with Crippen LogP contribution in [0.4, 0.5) is 5.82 Å². The highest BCUT2D eigenvalue weighted by atomic mass is 16.3. The minimum absolute atomic E-state index is 0.198. The van der Waals surface area contributed by atoms with Gasteiger partial charge in [0.05, 0.1) is 0 Å². The summed E-state index contributed by atoms with van der Waals surface area (Å²) in [5.74, 6) is 1.88. The largest absolute Gasteiger partial charge is 0.384 e. The van der Waals surface area contributed by atoms with E-state index in [4.69, 9.17) is 0 Å². The maximum atomic E-state index is 11.8. The van der Waals surface area contributed by atoms with Crippen molar-refractivity contribution in [2.75, 3.05) is 31.1 Å². The monoisotopic (exact) mass is 292 g/mol. The number of aliphatic hydroxyl groups is 1. The van der Waals surface area contributed by atoms with Gasteiger partial charge in [-0.1, -0.05) is 13.8 Å². The van der Waals surface area contributed by atoms with Crippen molar-refractivity contribution in [1.82, 2.24) is 14.9 Å². The van der Waals surface area contributed by atoms with Crippen molar-refractivity contribution in [1.29, 1.82) is 0 Å². The highest BCUT2D eigenvalue weighted by Crippen LogP contribution is 2.18. The number of nitrogens with zero attached hydrogens (tertiary/aromatic N) is 4. The van der Waals surface area contributed by atoms with Crippen LogP contribution < -0.4 is 4.90 Å². The van der Waals surface area contributed by atoms with Gasteiger partial charge in [-0.15, -0.1) is 0 Å². The van der Waals surface area contributed by atoms with Gasteiger partial charge in [-0.2, -0.15) is 0 Å². The number of hydrogen-bond donors (Lipinski definition) is 1. The number of anilines is 1. The van der Waals surface area contributed by atoms with Crippen LogP contribution in [0.2, 0.25) is 0 Å². The molecule has 1 saturated heterocycles. The van der Waals surface area contributed by atoms with Gasteiger partial charge in [0.2, 0.25) is 0 Å². The second-order valence-electron chi connectivity index (χ2n) is 5.87. The highest BCUT2D eigenvalue weighted by molar-refractivity contribution is 5.80. The molecule has 2 rings (SSSR count). The van der Waals surface area contributed by atoms with Crippen LogP contribution in [0.3, 0.4) is 0 Å². The SMILES string of the molecule is Cc1cc(N2CCN(C(=O)C(C)O)CC2)nc(C(C)C)n1. The number of piperazine rings is 1. The Balaban J connectivity index is 2.07. The van der Waals surface area contributed by atoms with Crippen LogP contribution in [0.15, 0.2) is 6.07 Å². The number of amides is 1. The van der Waals surface area contributed by atoms with Gasteiger partial charge in [0.15, 0.2) is 0 Å². The van der Waals surface area contributed by atoms with Gasteiger partial charge >= 0.3 is 0 Å². The molecule has 0 saturated carbocycles. The molecule has 1 aromatic rings. The maximum Gasteiger partial charge on any atom is 0.251 e. The molecule has 0 spiro atoms. The second kappa shape index (κ2) is 6.39. The molecule has 1 aliphatic heterocycles. The molecular formula is C15H24N4O2. The summed E-state index contributed by atoms with van der Waals surface area (Å²) in [4.78, 5) is 24.7. The van der Waals surface area contributed by atoms with Gasteiger partial charge in [-0.05, 0) is 13.8 Å². The number of carbonyl (C=O) groups is 1. The van der Waals surface area contributed by atoms with Crippen LogP contribution in [-0.4, -0.2) is 58.2 Å². The average molecular weight is 292 g/mol. The van der Waals surface area contributed by atoms with Crippen molar-refractivity contribution in [3.63, 3.8) is 0 Å². The lowest BCUT2D eigenvalue weighted by atomic mass is 10.2. The van der Waals surface area contributed by atoms with E-state index < -0.39 is 6.10 Å². The lowest BCUT2D eigenvalue weighted by Crippen LogP contribution is -2.51.